The number of aryl methyl sites for hydroxylation is 1. The molecule has 0 bridgehead atoms. The van der Waals surface area contributed by atoms with Crippen LogP contribution in [-0.2, 0) is 4.74 Å². The zero-order valence-electron chi connectivity index (χ0n) is 10.1. The van der Waals surface area contributed by atoms with Gasteiger partial charge in [-0.15, -0.1) is 0 Å². The fourth-order valence-electron chi connectivity index (χ4n) is 2.01. The fraction of sp³-hybridized carbons (Fsp3) is 0.538. The lowest BCUT2D eigenvalue weighted by molar-refractivity contribution is 0.0753. The highest BCUT2D eigenvalue weighted by molar-refractivity contribution is 6.30. The Kier molecular flexibility index (Phi) is 4.66. The maximum atomic E-state index is 5.92. The van der Waals surface area contributed by atoms with Crippen LogP contribution >= 0.6 is 11.6 Å². The molecule has 0 radical (unpaired) electrons. The van der Waals surface area contributed by atoms with Crippen molar-refractivity contribution in [3.8, 4) is 0 Å². The minimum absolute atomic E-state index is 0.476. The Balaban J connectivity index is 1.77. The second-order valence-electron chi connectivity index (χ2n) is 4.40. The molecular weight excluding hydrogens is 236 g/mol. The van der Waals surface area contributed by atoms with Crippen LogP contribution in [0.2, 0.25) is 5.02 Å². The number of hydrogen-bond acceptors (Lipinski definition) is 3. The molecule has 0 saturated carbocycles. The van der Waals surface area contributed by atoms with Gasteiger partial charge in [-0.2, -0.15) is 0 Å². The van der Waals surface area contributed by atoms with Crippen LogP contribution in [0.5, 0.6) is 0 Å². The van der Waals surface area contributed by atoms with E-state index in [-0.39, 0.29) is 0 Å². The summed E-state index contributed by atoms with van der Waals surface area (Å²) in [5.41, 5.74) is 2.34. The Hall–Kier alpha value is -0.770. The monoisotopic (exact) mass is 254 g/mol. The molecule has 0 spiro atoms. The smallest absolute Gasteiger partial charge is 0.0620 e. The van der Waals surface area contributed by atoms with Crippen LogP contribution in [0.1, 0.15) is 12.0 Å². The van der Waals surface area contributed by atoms with Gasteiger partial charge < -0.3 is 15.4 Å². The fourth-order valence-corrected chi connectivity index (χ4v) is 2.24. The molecule has 1 saturated heterocycles. The van der Waals surface area contributed by atoms with Crippen molar-refractivity contribution in [2.75, 3.05) is 31.6 Å². The number of halogens is 1. The molecule has 2 rings (SSSR count). The molecule has 1 fully saturated rings. The Bertz CT molecular complexity index is 364. The zero-order valence-corrected chi connectivity index (χ0v) is 10.9. The van der Waals surface area contributed by atoms with Gasteiger partial charge in [0.05, 0.1) is 13.2 Å². The van der Waals surface area contributed by atoms with Crippen molar-refractivity contribution < 1.29 is 4.74 Å². The molecule has 1 unspecified atom stereocenters. The topological polar surface area (TPSA) is 33.3 Å². The van der Waals surface area contributed by atoms with Crippen molar-refractivity contribution in [3.63, 3.8) is 0 Å². The van der Waals surface area contributed by atoms with E-state index in [1.54, 1.807) is 0 Å². The Morgan fingerprint density at radius 1 is 1.53 bits per heavy atom. The third kappa shape index (κ3) is 3.87. The largest absolute Gasteiger partial charge is 0.385 e. The minimum atomic E-state index is 0.476. The first-order chi connectivity index (χ1) is 8.25. The first-order valence-electron chi connectivity index (χ1n) is 6.07. The normalized spacial score (nSPS) is 20.2. The van der Waals surface area contributed by atoms with Crippen LogP contribution in [0, 0.1) is 6.92 Å². The zero-order chi connectivity index (χ0) is 12.1. The van der Waals surface area contributed by atoms with Crippen LogP contribution in [0.15, 0.2) is 18.2 Å². The summed E-state index contributed by atoms with van der Waals surface area (Å²) in [5, 5.41) is 7.66. The first-order valence-corrected chi connectivity index (χ1v) is 6.44. The number of ether oxygens (including phenoxy) is 1. The van der Waals surface area contributed by atoms with E-state index < -0.39 is 0 Å². The summed E-state index contributed by atoms with van der Waals surface area (Å²) in [5.74, 6) is 0. The van der Waals surface area contributed by atoms with Crippen LogP contribution < -0.4 is 10.6 Å². The van der Waals surface area contributed by atoms with Crippen molar-refractivity contribution in [1.82, 2.24) is 5.32 Å². The van der Waals surface area contributed by atoms with Crippen molar-refractivity contribution >= 4 is 17.3 Å². The molecule has 2 N–H and O–H groups in total. The summed E-state index contributed by atoms with van der Waals surface area (Å²) < 4.78 is 5.42. The van der Waals surface area contributed by atoms with Gasteiger partial charge in [0.15, 0.2) is 0 Å². The summed E-state index contributed by atoms with van der Waals surface area (Å²) in [4.78, 5) is 0. The van der Waals surface area contributed by atoms with E-state index in [4.69, 9.17) is 16.3 Å². The average Bonchev–Trinajstić information content (AvgIpc) is 2.33. The summed E-state index contributed by atoms with van der Waals surface area (Å²) in [6.45, 7) is 5.63. The summed E-state index contributed by atoms with van der Waals surface area (Å²) in [6, 6.07) is 6.40. The first kappa shape index (κ1) is 12.7. The van der Waals surface area contributed by atoms with Crippen LogP contribution in [0.4, 0.5) is 5.69 Å². The predicted octanol–water partition coefficient (Wildman–Crippen LogP) is 2.44. The van der Waals surface area contributed by atoms with E-state index in [0.29, 0.717) is 6.04 Å². The van der Waals surface area contributed by atoms with Gasteiger partial charge in [0.2, 0.25) is 0 Å². The quantitative estimate of drug-likeness (QED) is 0.866. The van der Waals surface area contributed by atoms with Crippen molar-refractivity contribution in [3.05, 3.63) is 28.8 Å². The summed E-state index contributed by atoms with van der Waals surface area (Å²) >= 11 is 5.92. The second-order valence-corrected chi connectivity index (χ2v) is 4.84. The molecule has 0 aromatic heterocycles. The summed E-state index contributed by atoms with van der Waals surface area (Å²) in [6.07, 6.45) is 1.07. The van der Waals surface area contributed by atoms with Gasteiger partial charge in [0.1, 0.15) is 0 Å². The molecule has 0 amide bonds. The Morgan fingerprint density at radius 2 is 2.41 bits per heavy atom. The molecule has 1 aliphatic heterocycles. The van der Waals surface area contributed by atoms with Gasteiger partial charge in [0, 0.05) is 29.8 Å². The molecule has 1 aliphatic rings. The molecule has 17 heavy (non-hydrogen) atoms. The minimum Gasteiger partial charge on any atom is -0.385 e. The van der Waals surface area contributed by atoms with Crippen LogP contribution in [0.3, 0.4) is 0 Å². The van der Waals surface area contributed by atoms with Gasteiger partial charge in [-0.1, -0.05) is 11.6 Å². The van der Waals surface area contributed by atoms with Crippen molar-refractivity contribution in [1.29, 1.82) is 0 Å². The molecule has 1 aromatic rings. The van der Waals surface area contributed by atoms with Crippen LogP contribution in [0.25, 0.3) is 0 Å². The highest BCUT2D eigenvalue weighted by Crippen LogP contribution is 2.19. The van der Waals surface area contributed by atoms with Gasteiger partial charge >= 0.3 is 0 Å². The molecule has 4 heteroatoms. The van der Waals surface area contributed by atoms with Gasteiger partial charge in [-0.05, 0) is 37.1 Å². The SMILES string of the molecule is Cc1cc(Cl)ccc1NCCC1COCCN1. The number of nitrogens with one attached hydrogen (secondary N) is 2. The molecule has 1 aromatic carbocycles. The second kappa shape index (κ2) is 6.24. The molecule has 94 valence electrons. The van der Waals surface area contributed by atoms with Gasteiger partial charge in [-0.25, -0.2) is 0 Å². The molecule has 3 nitrogen and oxygen atoms in total. The highest BCUT2D eigenvalue weighted by Gasteiger charge is 2.12. The van der Waals surface area contributed by atoms with E-state index in [1.165, 1.54) is 5.56 Å². The third-order valence-electron chi connectivity index (χ3n) is 3.00. The van der Waals surface area contributed by atoms with Gasteiger partial charge in [0.25, 0.3) is 0 Å². The maximum Gasteiger partial charge on any atom is 0.0620 e. The van der Waals surface area contributed by atoms with Gasteiger partial charge in [-0.3, -0.25) is 0 Å². The molecule has 0 aliphatic carbocycles. The third-order valence-corrected chi connectivity index (χ3v) is 3.23. The predicted molar refractivity (Wildman–Crippen MR) is 71.9 cm³/mol. The molecular formula is C13H19ClN2O. The molecule has 1 atom stereocenters. The Labute approximate surface area is 107 Å². The van der Waals surface area contributed by atoms with Crippen LogP contribution in [-0.4, -0.2) is 32.3 Å². The number of hydrogen-bond donors (Lipinski definition) is 2. The lowest BCUT2D eigenvalue weighted by atomic mass is 10.1. The lowest BCUT2D eigenvalue weighted by Crippen LogP contribution is -2.42. The van der Waals surface area contributed by atoms with Crippen molar-refractivity contribution in [2.45, 2.75) is 19.4 Å². The van der Waals surface area contributed by atoms with E-state index in [2.05, 4.69) is 17.6 Å². The number of benzene rings is 1. The number of rotatable bonds is 4. The summed E-state index contributed by atoms with van der Waals surface area (Å²) in [7, 11) is 0. The maximum absolute atomic E-state index is 5.92. The van der Waals surface area contributed by atoms with E-state index >= 15 is 0 Å². The standard InChI is InChI=1S/C13H19ClN2O/c1-10-8-11(14)2-3-13(10)16-5-4-12-9-17-7-6-15-12/h2-3,8,12,15-16H,4-7,9H2,1H3. The highest BCUT2D eigenvalue weighted by atomic mass is 35.5. The average molecular weight is 255 g/mol. The molecule has 1 heterocycles. The van der Waals surface area contributed by atoms with E-state index in [0.717, 1.165) is 43.4 Å². The van der Waals surface area contributed by atoms with E-state index in [9.17, 15) is 0 Å². The number of anilines is 1. The lowest BCUT2D eigenvalue weighted by Gasteiger charge is -2.24. The van der Waals surface area contributed by atoms with E-state index in [1.807, 2.05) is 18.2 Å². The van der Waals surface area contributed by atoms with Crippen molar-refractivity contribution in [2.24, 2.45) is 0 Å². The number of morpholine rings is 1. The Morgan fingerprint density at radius 3 is 3.12 bits per heavy atom.